The summed E-state index contributed by atoms with van der Waals surface area (Å²) >= 11 is 0. The molecule has 1 aliphatic rings. The first-order valence-corrected chi connectivity index (χ1v) is 10.1. The molecule has 1 N–H and O–H groups in total. The van der Waals surface area contributed by atoms with Gasteiger partial charge in [-0.15, -0.1) is 0 Å². The SMILES string of the molecule is CC(C)NP(OCCC#N)O[C@H]1[C@H](C(F)(F)F)SSC1(C)C. The molecule has 1 unspecified atom stereocenters. The summed E-state index contributed by atoms with van der Waals surface area (Å²) < 4.78 is 49.9. The molecule has 3 atom stereocenters. The van der Waals surface area contributed by atoms with Crippen LogP contribution in [0.25, 0.3) is 0 Å². The average Bonchev–Trinajstić information content (AvgIpc) is 2.64. The Morgan fingerprint density at radius 1 is 1.41 bits per heavy atom. The molecule has 1 heterocycles. The van der Waals surface area contributed by atoms with E-state index in [1.54, 1.807) is 13.8 Å². The highest BCUT2D eigenvalue weighted by Gasteiger charge is 2.57. The summed E-state index contributed by atoms with van der Waals surface area (Å²) in [6.45, 7) is 7.32. The molecule has 0 saturated carbocycles. The van der Waals surface area contributed by atoms with Crippen LogP contribution < -0.4 is 5.09 Å². The van der Waals surface area contributed by atoms with Crippen LogP contribution in [0, 0.1) is 11.3 Å². The predicted octanol–water partition coefficient (Wildman–Crippen LogP) is 4.63. The minimum absolute atomic E-state index is 0.00218. The summed E-state index contributed by atoms with van der Waals surface area (Å²) in [6, 6.07) is 1.94. The van der Waals surface area contributed by atoms with Crippen molar-refractivity contribution >= 4 is 30.1 Å². The third-order valence-corrected chi connectivity index (χ3v) is 7.89. The Labute approximate surface area is 138 Å². The Morgan fingerprint density at radius 3 is 2.55 bits per heavy atom. The molecule has 4 nitrogen and oxygen atoms in total. The van der Waals surface area contributed by atoms with Crippen LogP contribution >= 0.6 is 30.1 Å². The summed E-state index contributed by atoms with van der Waals surface area (Å²) in [6.07, 6.45) is -5.17. The molecule has 0 bridgehead atoms. The summed E-state index contributed by atoms with van der Waals surface area (Å²) in [7, 11) is 0.290. The Kier molecular flexibility index (Phi) is 7.77. The third-order valence-electron chi connectivity index (χ3n) is 2.64. The van der Waals surface area contributed by atoms with Gasteiger partial charge in [0, 0.05) is 10.8 Å². The van der Waals surface area contributed by atoms with Gasteiger partial charge in [-0.1, -0.05) is 21.6 Å². The van der Waals surface area contributed by atoms with E-state index in [2.05, 4.69) is 5.09 Å². The monoisotopic (exact) mass is 376 g/mol. The molecule has 1 rings (SSSR count). The van der Waals surface area contributed by atoms with Gasteiger partial charge in [0.2, 0.25) is 0 Å². The Balaban J connectivity index is 2.80. The van der Waals surface area contributed by atoms with Crippen LogP contribution in [0.4, 0.5) is 13.2 Å². The van der Waals surface area contributed by atoms with Crippen molar-refractivity contribution in [3.63, 3.8) is 0 Å². The van der Waals surface area contributed by atoms with Crippen LogP contribution in [-0.2, 0) is 9.05 Å². The summed E-state index contributed by atoms with van der Waals surface area (Å²) in [5.41, 5.74) is 0. The second-order valence-corrected chi connectivity index (χ2v) is 9.79. The first kappa shape index (κ1) is 20.3. The summed E-state index contributed by atoms with van der Waals surface area (Å²) in [5, 5.41) is 9.95. The van der Waals surface area contributed by atoms with Crippen LogP contribution in [0.3, 0.4) is 0 Å². The van der Waals surface area contributed by atoms with Gasteiger partial charge in [-0.25, -0.2) is 5.09 Å². The fourth-order valence-electron chi connectivity index (χ4n) is 1.63. The van der Waals surface area contributed by atoms with E-state index in [0.717, 1.165) is 10.8 Å². The quantitative estimate of drug-likeness (QED) is 0.397. The Morgan fingerprint density at radius 2 is 2.05 bits per heavy atom. The highest BCUT2D eigenvalue weighted by atomic mass is 33.1. The first-order valence-electron chi connectivity index (χ1n) is 6.72. The molecule has 1 aliphatic heterocycles. The number of hydrogen-bond donors (Lipinski definition) is 1. The molecule has 128 valence electrons. The highest BCUT2D eigenvalue weighted by Crippen LogP contribution is 2.59. The van der Waals surface area contributed by atoms with Crippen molar-refractivity contribution in [3.05, 3.63) is 0 Å². The molecule has 0 radical (unpaired) electrons. The molecule has 0 aromatic carbocycles. The van der Waals surface area contributed by atoms with Gasteiger partial charge in [-0.2, -0.15) is 18.4 Å². The number of rotatable bonds is 7. The van der Waals surface area contributed by atoms with E-state index in [1.165, 1.54) is 10.8 Å². The standard InChI is InChI=1S/C12H20F3N2O2PS2/c1-8(2)17-20(18-7-5-6-16)19-9-10(12(13,14)15)21-22-11(9,3)4/h8-10,17H,5,7H2,1-4H3/t9-,10+,20?/m0/s1. The van der Waals surface area contributed by atoms with Crippen molar-refractivity contribution in [1.29, 1.82) is 5.26 Å². The van der Waals surface area contributed by atoms with E-state index < -0.39 is 30.8 Å². The normalized spacial score (nSPS) is 26.1. The zero-order valence-electron chi connectivity index (χ0n) is 12.8. The zero-order valence-corrected chi connectivity index (χ0v) is 15.3. The average molecular weight is 376 g/mol. The van der Waals surface area contributed by atoms with Crippen LogP contribution in [0.2, 0.25) is 0 Å². The number of alkyl halides is 3. The number of nitrogens with zero attached hydrogens (tertiary/aromatic N) is 1. The molecule has 0 aromatic rings. The lowest BCUT2D eigenvalue weighted by Gasteiger charge is -2.32. The van der Waals surface area contributed by atoms with Crippen LogP contribution in [0.1, 0.15) is 34.1 Å². The number of nitriles is 1. The van der Waals surface area contributed by atoms with E-state index in [4.69, 9.17) is 14.3 Å². The second-order valence-electron chi connectivity index (χ2n) is 5.55. The van der Waals surface area contributed by atoms with Crippen molar-refractivity contribution in [2.75, 3.05) is 6.61 Å². The Bertz CT molecular complexity index is 405. The number of halogens is 3. The number of nitrogens with one attached hydrogen (secondary N) is 1. The van der Waals surface area contributed by atoms with Crippen molar-refractivity contribution < 1.29 is 22.2 Å². The minimum atomic E-state index is -4.33. The fraction of sp³-hybridized carbons (Fsp3) is 0.917. The van der Waals surface area contributed by atoms with Crippen LogP contribution in [0.5, 0.6) is 0 Å². The van der Waals surface area contributed by atoms with Gasteiger partial charge in [0.1, 0.15) is 11.4 Å². The molecule has 0 spiro atoms. The summed E-state index contributed by atoms with van der Waals surface area (Å²) in [4.78, 5) is 0. The third kappa shape index (κ3) is 6.06. The molecule has 22 heavy (non-hydrogen) atoms. The van der Waals surface area contributed by atoms with Gasteiger partial charge in [-0.05, 0) is 27.7 Å². The lowest BCUT2D eigenvalue weighted by Crippen LogP contribution is -2.44. The molecule has 10 heteroatoms. The van der Waals surface area contributed by atoms with E-state index in [1.807, 2.05) is 19.9 Å². The van der Waals surface area contributed by atoms with Crippen molar-refractivity contribution in [3.8, 4) is 6.07 Å². The van der Waals surface area contributed by atoms with Gasteiger partial charge < -0.3 is 9.05 Å². The van der Waals surface area contributed by atoms with Crippen molar-refractivity contribution in [2.24, 2.45) is 0 Å². The van der Waals surface area contributed by atoms with E-state index in [9.17, 15) is 13.2 Å². The predicted molar refractivity (Wildman–Crippen MR) is 85.4 cm³/mol. The molecule has 1 saturated heterocycles. The molecule has 1 fully saturated rings. The number of hydrogen-bond acceptors (Lipinski definition) is 6. The van der Waals surface area contributed by atoms with Crippen LogP contribution in [-0.4, -0.2) is 34.9 Å². The topological polar surface area (TPSA) is 54.3 Å². The smallest absolute Gasteiger partial charge is 0.321 e. The summed E-state index contributed by atoms with van der Waals surface area (Å²) in [5.74, 6) is 0. The van der Waals surface area contributed by atoms with E-state index in [-0.39, 0.29) is 19.1 Å². The van der Waals surface area contributed by atoms with Gasteiger partial charge in [0.05, 0.1) is 19.1 Å². The molecule has 0 aliphatic carbocycles. The molecular formula is C12H20F3N2O2PS2. The second kappa shape index (κ2) is 8.41. The van der Waals surface area contributed by atoms with Crippen molar-refractivity contribution in [1.82, 2.24) is 5.09 Å². The minimum Gasteiger partial charge on any atom is -0.321 e. The molecular weight excluding hydrogens is 356 g/mol. The van der Waals surface area contributed by atoms with Gasteiger partial charge in [0.25, 0.3) is 8.53 Å². The lowest BCUT2D eigenvalue weighted by atomic mass is 10.0. The maximum Gasteiger partial charge on any atom is 0.403 e. The maximum atomic E-state index is 13.2. The largest absolute Gasteiger partial charge is 0.403 e. The molecule has 0 aromatic heterocycles. The van der Waals surface area contributed by atoms with Gasteiger partial charge in [-0.3, -0.25) is 0 Å². The van der Waals surface area contributed by atoms with Crippen molar-refractivity contribution in [2.45, 2.75) is 62.4 Å². The highest BCUT2D eigenvalue weighted by molar-refractivity contribution is 8.78. The zero-order chi connectivity index (χ0) is 17.0. The Hall–Kier alpha value is 0.290. The van der Waals surface area contributed by atoms with Gasteiger partial charge in [0.15, 0.2) is 0 Å². The van der Waals surface area contributed by atoms with Gasteiger partial charge >= 0.3 is 6.18 Å². The maximum absolute atomic E-state index is 13.2. The molecule has 0 amide bonds. The first-order chi connectivity index (χ1) is 10.1. The lowest BCUT2D eigenvalue weighted by molar-refractivity contribution is -0.145. The van der Waals surface area contributed by atoms with E-state index >= 15 is 0 Å². The van der Waals surface area contributed by atoms with Crippen LogP contribution in [0.15, 0.2) is 0 Å². The van der Waals surface area contributed by atoms with E-state index in [0.29, 0.717) is 0 Å². The fourth-order valence-corrected chi connectivity index (χ4v) is 6.55.